The molecule has 0 radical (unpaired) electrons. The molecule has 1 aromatic heterocycles. The van der Waals surface area contributed by atoms with Gasteiger partial charge in [0.05, 0.1) is 0 Å². The molecular formula is C16H13ClN6OS. The number of amides is 1. The summed E-state index contributed by atoms with van der Waals surface area (Å²) in [5.74, 6) is -1.28. The highest BCUT2D eigenvalue weighted by Gasteiger charge is 2.17. The number of halogens is 1. The first-order valence-electron chi connectivity index (χ1n) is 7.07. The van der Waals surface area contributed by atoms with Crippen molar-refractivity contribution in [3.8, 4) is 0 Å². The standard InChI is InChI=1S/C16H13ClN6OS/c17-12-15(22-13(18)11(21-12)14(24)23-16(19)20)25-10-6-5-8-3-1-2-4-9(8)7-10/h1-7H,(H2,18,22)(H4,19,20,23,24). The summed E-state index contributed by atoms with van der Waals surface area (Å²) in [7, 11) is 0. The van der Waals surface area contributed by atoms with Gasteiger partial charge < -0.3 is 17.2 Å². The van der Waals surface area contributed by atoms with Gasteiger partial charge in [-0.2, -0.15) is 4.99 Å². The maximum atomic E-state index is 11.8. The van der Waals surface area contributed by atoms with Crippen LogP contribution in [0.1, 0.15) is 10.5 Å². The maximum absolute atomic E-state index is 11.8. The zero-order chi connectivity index (χ0) is 18.0. The van der Waals surface area contributed by atoms with Crippen LogP contribution in [0.15, 0.2) is 57.4 Å². The summed E-state index contributed by atoms with van der Waals surface area (Å²) in [5.41, 5.74) is 16.0. The largest absolute Gasteiger partial charge is 0.382 e. The Hall–Kier alpha value is -2.84. The highest BCUT2D eigenvalue weighted by Crippen LogP contribution is 2.33. The topological polar surface area (TPSA) is 133 Å². The Labute approximate surface area is 152 Å². The van der Waals surface area contributed by atoms with Crippen molar-refractivity contribution in [1.29, 1.82) is 0 Å². The van der Waals surface area contributed by atoms with Gasteiger partial charge in [0.2, 0.25) is 0 Å². The Morgan fingerprint density at radius 1 is 1.08 bits per heavy atom. The summed E-state index contributed by atoms with van der Waals surface area (Å²) in [4.78, 5) is 24.3. The van der Waals surface area contributed by atoms with E-state index in [0.717, 1.165) is 15.7 Å². The van der Waals surface area contributed by atoms with Crippen LogP contribution in [-0.2, 0) is 0 Å². The van der Waals surface area contributed by atoms with E-state index in [0.29, 0.717) is 5.03 Å². The van der Waals surface area contributed by atoms with E-state index < -0.39 is 11.9 Å². The number of nitrogen functional groups attached to an aromatic ring is 1. The minimum absolute atomic E-state index is 0.0431. The van der Waals surface area contributed by atoms with Gasteiger partial charge in [-0.15, -0.1) is 0 Å². The van der Waals surface area contributed by atoms with Crippen LogP contribution >= 0.6 is 23.4 Å². The lowest BCUT2D eigenvalue weighted by Gasteiger charge is -2.07. The van der Waals surface area contributed by atoms with E-state index in [4.69, 9.17) is 28.8 Å². The van der Waals surface area contributed by atoms with Crippen LogP contribution in [0.3, 0.4) is 0 Å². The second-order valence-electron chi connectivity index (χ2n) is 5.01. The van der Waals surface area contributed by atoms with Crippen molar-refractivity contribution >= 4 is 51.8 Å². The zero-order valence-corrected chi connectivity index (χ0v) is 14.4. The highest BCUT2D eigenvalue weighted by molar-refractivity contribution is 7.99. The molecule has 126 valence electrons. The number of nitrogens with zero attached hydrogens (tertiary/aromatic N) is 3. The number of anilines is 1. The molecule has 7 nitrogen and oxygen atoms in total. The molecule has 0 saturated carbocycles. The van der Waals surface area contributed by atoms with Crippen LogP contribution in [0, 0.1) is 0 Å². The van der Waals surface area contributed by atoms with Crippen LogP contribution in [0.25, 0.3) is 10.8 Å². The van der Waals surface area contributed by atoms with Gasteiger partial charge in [0.25, 0.3) is 0 Å². The van der Waals surface area contributed by atoms with Crippen molar-refractivity contribution in [2.24, 2.45) is 16.5 Å². The van der Waals surface area contributed by atoms with Crippen LogP contribution in [0.2, 0.25) is 5.15 Å². The number of hydrogen-bond donors (Lipinski definition) is 3. The lowest BCUT2D eigenvalue weighted by Crippen LogP contribution is -2.24. The van der Waals surface area contributed by atoms with E-state index in [1.807, 2.05) is 42.5 Å². The van der Waals surface area contributed by atoms with Crippen molar-refractivity contribution < 1.29 is 4.79 Å². The highest BCUT2D eigenvalue weighted by atomic mass is 35.5. The molecule has 1 amide bonds. The van der Waals surface area contributed by atoms with Gasteiger partial charge in [-0.1, -0.05) is 53.7 Å². The maximum Gasteiger partial charge on any atom is 0.302 e. The second kappa shape index (κ2) is 6.96. The quantitative estimate of drug-likeness (QED) is 0.474. The Morgan fingerprint density at radius 3 is 2.52 bits per heavy atom. The van der Waals surface area contributed by atoms with Crippen LogP contribution < -0.4 is 17.2 Å². The molecule has 3 aromatic rings. The molecule has 3 rings (SSSR count). The molecule has 0 aliphatic heterocycles. The van der Waals surface area contributed by atoms with Crippen LogP contribution in [0.4, 0.5) is 5.82 Å². The van der Waals surface area contributed by atoms with E-state index >= 15 is 0 Å². The molecule has 0 bridgehead atoms. The number of rotatable bonds is 3. The number of aromatic nitrogens is 2. The second-order valence-corrected chi connectivity index (χ2v) is 6.43. The van der Waals surface area contributed by atoms with Gasteiger partial charge in [-0.3, -0.25) is 4.79 Å². The van der Waals surface area contributed by atoms with Crippen molar-refractivity contribution in [3.05, 3.63) is 53.3 Å². The number of carbonyl (C=O) groups excluding carboxylic acids is 1. The van der Waals surface area contributed by atoms with E-state index in [2.05, 4.69) is 15.0 Å². The molecule has 0 saturated heterocycles. The molecule has 0 spiro atoms. The third-order valence-corrected chi connectivity index (χ3v) is 4.56. The van der Waals surface area contributed by atoms with Crippen molar-refractivity contribution in [2.45, 2.75) is 9.92 Å². The lowest BCUT2D eigenvalue weighted by atomic mass is 10.1. The Balaban J connectivity index is 1.93. The van der Waals surface area contributed by atoms with Crippen molar-refractivity contribution in [3.63, 3.8) is 0 Å². The number of nitrogens with two attached hydrogens (primary N) is 3. The first-order valence-corrected chi connectivity index (χ1v) is 8.27. The monoisotopic (exact) mass is 372 g/mol. The molecule has 2 aromatic carbocycles. The summed E-state index contributed by atoms with van der Waals surface area (Å²) >= 11 is 7.43. The Morgan fingerprint density at radius 2 is 1.80 bits per heavy atom. The average Bonchev–Trinajstić information content (AvgIpc) is 2.57. The summed E-state index contributed by atoms with van der Waals surface area (Å²) < 4.78 is 0. The minimum atomic E-state index is -0.797. The summed E-state index contributed by atoms with van der Waals surface area (Å²) in [6, 6.07) is 13.9. The summed E-state index contributed by atoms with van der Waals surface area (Å²) in [5, 5.41) is 2.64. The van der Waals surface area contributed by atoms with Crippen LogP contribution in [-0.4, -0.2) is 21.8 Å². The number of benzene rings is 2. The number of carbonyl (C=O) groups is 1. The van der Waals surface area contributed by atoms with Gasteiger partial charge in [-0.05, 0) is 22.9 Å². The molecule has 9 heteroatoms. The zero-order valence-electron chi connectivity index (χ0n) is 12.8. The first kappa shape index (κ1) is 17.0. The van der Waals surface area contributed by atoms with E-state index in [9.17, 15) is 4.79 Å². The third kappa shape index (κ3) is 3.81. The van der Waals surface area contributed by atoms with Crippen molar-refractivity contribution in [1.82, 2.24) is 9.97 Å². The SMILES string of the molecule is NC(N)=NC(=O)c1nc(Cl)c(Sc2ccc3ccccc3c2)nc1N. The molecule has 0 fully saturated rings. The number of fused-ring (bicyclic) bond motifs is 1. The van der Waals surface area contributed by atoms with Gasteiger partial charge in [0.15, 0.2) is 22.6 Å². The minimum Gasteiger partial charge on any atom is -0.382 e. The summed E-state index contributed by atoms with van der Waals surface area (Å²) in [6.07, 6.45) is 0. The number of aliphatic imine (C=N–C) groups is 1. The van der Waals surface area contributed by atoms with E-state index in [-0.39, 0.29) is 16.7 Å². The number of hydrogen-bond acceptors (Lipinski definition) is 5. The molecule has 0 aliphatic carbocycles. The first-order chi connectivity index (χ1) is 11.9. The molecular weight excluding hydrogens is 360 g/mol. The Bertz CT molecular complexity index is 1000. The molecule has 0 unspecified atom stereocenters. The smallest absolute Gasteiger partial charge is 0.302 e. The van der Waals surface area contributed by atoms with E-state index in [1.54, 1.807) is 0 Å². The summed E-state index contributed by atoms with van der Waals surface area (Å²) in [6.45, 7) is 0. The fraction of sp³-hybridized carbons (Fsp3) is 0. The van der Waals surface area contributed by atoms with Crippen LogP contribution in [0.5, 0.6) is 0 Å². The van der Waals surface area contributed by atoms with Gasteiger partial charge in [-0.25, -0.2) is 9.97 Å². The van der Waals surface area contributed by atoms with Gasteiger partial charge in [0.1, 0.15) is 5.03 Å². The number of guanidine groups is 1. The fourth-order valence-electron chi connectivity index (χ4n) is 2.15. The molecule has 1 heterocycles. The fourth-order valence-corrected chi connectivity index (χ4v) is 3.21. The normalized spacial score (nSPS) is 10.6. The van der Waals surface area contributed by atoms with Gasteiger partial charge >= 0.3 is 5.91 Å². The average molecular weight is 373 g/mol. The molecule has 0 atom stereocenters. The molecule has 25 heavy (non-hydrogen) atoms. The third-order valence-electron chi connectivity index (χ3n) is 3.22. The predicted molar refractivity (Wildman–Crippen MR) is 99.7 cm³/mol. The molecule has 6 N–H and O–H groups in total. The van der Waals surface area contributed by atoms with Gasteiger partial charge in [0, 0.05) is 4.90 Å². The van der Waals surface area contributed by atoms with E-state index in [1.165, 1.54) is 11.8 Å². The van der Waals surface area contributed by atoms with Crippen molar-refractivity contribution in [2.75, 3.05) is 5.73 Å². The Kier molecular flexibility index (Phi) is 4.73. The lowest BCUT2D eigenvalue weighted by molar-refractivity contribution is 0.0998. The molecule has 0 aliphatic rings. The predicted octanol–water partition coefficient (Wildman–Crippen LogP) is 2.43.